The van der Waals surface area contributed by atoms with Crippen molar-refractivity contribution in [3.63, 3.8) is 0 Å². The number of carbonyl (C=O) groups excluding carboxylic acids is 1. The van der Waals surface area contributed by atoms with E-state index in [4.69, 9.17) is 0 Å². The smallest absolute Gasteiger partial charge is 0.221 e. The standard InChI is InChI=1S/C11H15BrN2O/c1-2-9-4-3-7-13-10(9)8-14-11(15)5-6-12/h3-4,7H,2,5-6,8H2,1H3,(H,14,15). The normalized spacial score (nSPS) is 10.0. The van der Waals surface area contributed by atoms with Gasteiger partial charge in [-0.05, 0) is 18.1 Å². The number of amides is 1. The average Bonchev–Trinajstić information content (AvgIpc) is 2.27. The molecule has 3 nitrogen and oxygen atoms in total. The lowest BCUT2D eigenvalue weighted by Crippen LogP contribution is -2.23. The molecule has 0 fully saturated rings. The number of halogens is 1. The summed E-state index contributed by atoms with van der Waals surface area (Å²) in [5.41, 5.74) is 2.15. The largest absolute Gasteiger partial charge is 0.350 e. The van der Waals surface area contributed by atoms with Gasteiger partial charge in [-0.3, -0.25) is 9.78 Å². The van der Waals surface area contributed by atoms with Crippen LogP contribution in [0.25, 0.3) is 0 Å². The molecule has 0 unspecified atom stereocenters. The van der Waals surface area contributed by atoms with Crippen LogP contribution in [-0.4, -0.2) is 16.2 Å². The fourth-order valence-electron chi connectivity index (χ4n) is 1.31. The second-order valence-electron chi connectivity index (χ2n) is 3.18. The minimum absolute atomic E-state index is 0.0552. The summed E-state index contributed by atoms with van der Waals surface area (Å²) in [4.78, 5) is 15.5. The van der Waals surface area contributed by atoms with Crippen LogP contribution in [0.3, 0.4) is 0 Å². The van der Waals surface area contributed by atoms with Crippen molar-refractivity contribution in [3.05, 3.63) is 29.6 Å². The minimum Gasteiger partial charge on any atom is -0.350 e. The van der Waals surface area contributed by atoms with E-state index in [9.17, 15) is 4.79 Å². The van der Waals surface area contributed by atoms with Crippen molar-refractivity contribution in [2.75, 3.05) is 5.33 Å². The van der Waals surface area contributed by atoms with E-state index in [1.165, 1.54) is 5.56 Å². The van der Waals surface area contributed by atoms with Crippen LogP contribution in [-0.2, 0) is 17.8 Å². The van der Waals surface area contributed by atoms with Crippen molar-refractivity contribution < 1.29 is 4.79 Å². The summed E-state index contributed by atoms with van der Waals surface area (Å²) < 4.78 is 0. The topological polar surface area (TPSA) is 42.0 Å². The quantitative estimate of drug-likeness (QED) is 0.833. The molecule has 0 atom stereocenters. The molecule has 0 saturated carbocycles. The zero-order valence-electron chi connectivity index (χ0n) is 8.79. The summed E-state index contributed by atoms with van der Waals surface area (Å²) in [5, 5.41) is 3.54. The predicted molar refractivity (Wildman–Crippen MR) is 63.9 cm³/mol. The molecular formula is C11H15BrN2O. The summed E-state index contributed by atoms with van der Waals surface area (Å²) in [5.74, 6) is 0.0552. The maximum Gasteiger partial charge on any atom is 0.221 e. The van der Waals surface area contributed by atoms with E-state index in [-0.39, 0.29) is 5.91 Å². The molecular weight excluding hydrogens is 256 g/mol. The zero-order valence-corrected chi connectivity index (χ0v) is 10.4. The van der Waals surface area contributed by atoms with Crippen molar-refractivity contribution >= 4 is 21.8 Å². The van der Waals surface area contributed by atoms with Gasteiger partial charge >= 0.3 is 0 Å². The van der Waals surface area contributed by atoms with Gasteiger partial charge < -0.3 is 5.32 Å². The van der Waals surface area contributed by atoms with Crippen LogP contribution in [0.15, 0.2) is 18.3 Å². The first-order chi connectivity index (χ1) is 7.27. The molecule has 0 aliphatic heterocycles. The fourth-order valence-corrected chi connectivity index (χ4v) is 1.67. The SMILES string of the molecule is CCc1cccnc1CNC(=O)CCBr. The van der Waals surface area contributed by atoms with E-state index in [0.717, 1.165) is 12.1 Å². The molecule has 0 aliphatic carbocycles. The molecule has 1 rings (SSSR count). The van der Waals surface area contributed by atoms with E-state index in [1.807, 2.05) is 12.1 Å². The Balaban J connectivity index is 2.53. The molecule has 4 heteroatoms. The van der Waals surface area contributed by atoms with Crippen LogP contribution in [0.2, 0.25) is 0 Å². The molecule has 0 saturated heterocycles. The van der Waals surface area contributed by atoms with Gasteiger partial charge in [0.2, 0.25) is 5.91 Å². The fraction of sp³-hybridized carbons (Fsp3) is 0.455. The van der Waals surface area contributed by atoms with Gasteiger partial charge in [0.15, 0.2) is 0 Å². The van der Waals surface area contributed by atoms with E-state index >= 15 is 0 Å². The summed E-state index contributed by atoms with van der Waals surface area (Å²) in [6.45, 7) is 2.61. The lowest BCUT2D eigenvalue weighted by molar-refractivity contribution is -0.120. The number of carbonyl (C=O) groups is 1. The predicted octanol–water partition coefficient (Wildman–Crippen LogP) is 2.05. The third-order valence-electron chi connectivity index (χ3n) is 2.14. The Morgan fingerprint density at radius 3 is 3.07 bits per heavy atom. The first-order valence-electron chi connectivity index (χ1n) is 5.03. The average molecular weight is 271 g/mol. The number of nitrogens with one attached hydrogen (secondary N) is 1. The Labute approximate surface area is 98.4 Å². The van der Waals surface area contributed by atoms with Crippen molar-refractivity contribution in [2.24, 2.45) is 0 Å². The van der Waals surface area contributed by atoms with Crippen LogP contribution >= 0.6 is 15.9 Å². The summed E-state index contributed by atoms with van der Waals surface area (Å²) >= 11 is 3.23. The highest BCUT2D eigenvalue weighted by Crippen LogP contribution is 2.05. The highest BCUT2D eigenvalue weighted by molar-refractivity contribution is 9.09. The molecule has 1 N–H and O–H groups in total. The van der Waals surface area contributed by atoms with Gasteiger partial charge in [0.05, 0.1) is 12.2 Å². The van der Waals surface area contributed by atoms with Crippen molar-refractivity contribution in [2.45, 2.75) is 26.3 Å². The lowest BCUT2D eigenvalue weighted by atomic mass is 10.1. The third kappa shape index (κ3) is 4.00. The van der Waals surface area contributed by atoms with Gasteiger partial charge in [0, 0.05) is 17.9 Å². The van der Waals surface area contributed by atoms with Crippen LogP contribution in [0, 0.1) is 0 Å². The molecule has 15 heavy (non-hydrogen) atoms. The Kier molecular flexibility index (Phi) is 5.32. The van der Waals surface area contributed by atoms with Gasteiger partial charge in [-0.2, -0.15) is 0 Å². The van der Waals surface area contributed by atoms with Gasteiger partial charge in [-0.1, -0.05) is 28.9 Å². The number of pyridine rings is 1. The molecule has 82 valence electrons. The molecule has 0 aliphatic rings. The molecule has 1 aromatic heterocycles. The van der Waals surface area contributed by atoms with Crippen molar-refractivity contribution in [3.8, 4) is 0 Å². The third-order valence-corrected chi connectivity index (χ3v) is 2.54. The number of hydrogen-bond donors (Lipinski definition) is 1. The summed E-state index contributed by atoms with van der Waals surface area (Å²) in [7, 11) is 0. The Morgan fingerprint density at radius 1 is 1.60 bits per heavy atom. The number of hydrogen-bond acceptors (Lipinski definition) is 2. The van der Waals surface area contributed by atoms with Gasteiger partial charge in [-0.15, -0.1) is 0 Å². The summed E-state index contributed by atoms with van der Waals surface area (Å²) in [6.07, 6.45) is 3.21. The van der Waals surface area contributed by atoms with E-state index in [2.05, 4.69) is 33.2 Å². The molecule has 0 bridgehead atoms. The molecule has 0 aromatic carbocycles. The monoisotopic (exact) mass is 270 g/mol. The second kappa shape index (κ2) is 6.56. The first kappa shape index (κ1) is 12.2. The second-order valence-corrected chi connectivity index (χ2v) is 3.97. The Hall–Kier alpha value is -0.900. The molecule has 1 heterocycles. The van der Waals surface area contributed by atoms with E-state index in [1.54, 1.807) is 6.20 Å². The van der Waals surface area contributed by atoms with Crippen molar-refractivity contribution in [1.82, 2.24) is 10.3 Å². The number of rotatable bonds is 5. The highest BCUT2D eigenvalue weighted by Gasteiger charge is 2.03. The summed E-state index contributed by atoms with van der Waals surface area (Å²) in [6, 6.07) is 3.96. The van der Waals surface area contributed by atoms with Crippen LogP contribution < -0.4 is 5.32 Å². The number of alkyl halides is 1. The van der Waals surface area contributed by atoms with Gasteiger partial charge in [0.25, 0.3) is 0 Å². The van der Waals surface area contributed by atoms with Crippen molar-refractivity contribution in [1.29, 1.82) is 0 Å². The number of aryl methyl sites for hydroxylation is 1. The van der Waals surface area contributed by atoms with E-state index in [0.29, 0.717) is 18.3 Å². The maximum absolute atomic E-state index is 11.2. The van der Waals surface area contributed by atoms with Crippen LogP contribution in [0.4, 0.5) is 0 Å². The molecule has 1 amide bonds. The molecule has 0 spiro atoms. The van der Waals surface area contributed by atoms with Crippen LogP contribution in [0.5, 0.6) is 0 Å². The number of aromatic nitrogens is 1. The Bertz CT molecular complexity index is 328. The first-order valence-corrected chi connectivity index (χ1v) is 6.15. The maximum atomic E-state index is 11.2. The van der Waals surface area contributed by atoms with Crippen LogP contribution in [0.1, 0.15) is 24.6 Å². The van der Waals surface area contributed by atoms with E-state index < -0.39 is 0 Å². The minimum atomic E-state index is 0.0552. The zero-order chi connectivity index (χ0) is 11.1. The molecule has 0 radical (unpaired) electrons. The lowest BCUT2D eigenvalue weighted by Gasteiger charge is -2.07. The van der Waals surface area contributed by atoms with Gasteiger partial charge in [-0.25, -0.2) is 0 Å². The highest BCUT2D eigenvalue weighted by atomic mass is 79.9. The molecule has 1 aromatic rings. The van der Waals surface area contributed by atoms with Gasteiger partial charge in [0.1, 0.15) is 0 Å². The number of nitrogens with zero attached hydrogens (tertiary/aromatic N) is 1. The Morgan fingerprint density at radius 2 is 2.40 bits per heavy atom.